The van der Waals surface area contributed by atoms with Crippen molar-refractivity contribution in [3.05, 3.63) is 54.6 Å². The highest BCUT2D eigenvalue weighted by molar-refractivity contribution is 8.00. The molecule has 2 amide bonds. The zero-order valence-corrected chi connectivity index (χ0v) is 11.5. The molecule has 0 saturated heterocycles. The molecule has 7 heteroatoms. The van der Waals surface area contributed by atoms with E-state index in [0.29, 0.717) is 11.4 Å². The second-order valence-electron chi connectivity index (χ2n) is 4.02. The van der Waals surface area contributed by atoms with E-state index in [4.69, 9.17) is 0 Å². The van der Waals surface area contributed by atoms with E-state index >= 15 is 0 Å². The van der Waals surface area contributed by atoms with Gasteiger partial charge in [-0.3, -0.25) is 0 Å². The monoisotopic (exact) mass is 312 g/mol. The van der Waals surface area contributed by atoms with Gasteiger partial charge < -0.3 is 10.6 Å². The van der Waals surface area contributed by atoms with Crippen LogP contribution in [0.5, 0.6) is 0 Å². The Hall–Kier alpha value is -2.15. The SMILES string of the molecule is O=C(Nc1ccccc1)Nc1ccc(SC(F)(F)F)cc1. The molecule has 0 saturated carbocycles. The highest BCUT2D eigenvalue weighted by Gasteiger charge is 2.28. The quantitative estimate of drug-likeness (QED) is 0.788. The van der Waals surface area contributed by atoms with Crippen molar-refractivity contribution in [3.63, 3.8) is 0 Å². The number of amides is 2. The summed E-state index contributed by atoms with van der Waals surface area (Å²) in [7, 11) is 0. The van der Waals surface area contributed by atoms with Gasteiger partial charge in [-0.15, -0.1) is 0 Å². The van der Waals surface area contributed by atoms with Crippen LogP contribution in [-0.4, -0.2) is 11.5 Å². The second kappa shape index (κ2) is 6.53. The van der Waals surface area contributed by atoms with Crippen molar-refractivity contribution in [2.75, 3.05) is 10.6 Å². The first-order valence-corrected chi connectivity index (χ1v) is 6.73. The van der Waals surface area contributed by atoms with Crippen LogP contribution < -0.4 is 10.6 Å². The molecule has 0 unspecified atom stereocenters. The van der Waals surface area contributed by atoms with E-state index in [1.165, 1.54) is 24.3 Å². The van der Waals surface area contributed by atoms with E-state index in [9.17, 15) is 18.0 Å². The molecule has 2 N–H and O–H groups in total. The average molecular weight is 312 g/mol. The van der Waals surface area contributed by atoms with Crippen molar-refractivity contribution in [1.29, 1.82) is 0 Å². The Bertz CT molecular complexity index is 600. The number of thioether (sulfide) groups is 1. The molecule has 0 aliphatic carbocycles. The topological polar surface area (TPSA) is 41.1 Å². The molecule has 21 heavy (non-hydrogen) atoms. The molecule has 0 radical (unpaired) electrons. The van der Waals surface area contributed by atoms with Gasteiger partial charge in [0.05, 0.1) is 0 Å². The van der Waals surface area contributed by atoms with Gasteiger partial charge in [0, 0.05) is 16.3 Å². The highest BCUT2D eigenvalue weighted by Crippen LogP contribution is 2.37. The van der Waals surface area contributed by atoms with Gasteiger partial charge in [-0.2, -0.15) is 13.2 Å². The third-order valence-electron chi connectivity index (χ3n) is 2.38. The Morgan fingerprint density at radius 1 is 0.857 bits per heavy atom. The first-order valence-electron chi connectivity index (χ1n) is 5.91. The lowest BCUT2D eigenvalue weighted by molar-refractivity contribution is -0.0328. The third-order valence-corrected chi connectivity index (χ3v) is 3.12. The van der Waals surface area contributed by atoms with Crippen molar-refractivity contribution in [1.82, 2.24) is 0 Å². The van der Waals surface area contributed by atoms with Crippen LogP contribution in [0, 0.1) is 0 Å². The maximum absolute atomic E-state index is 12.2. The Balaban J connectivity index is 1.92. The molecule has 110 valence electrons. The van der Waals surface area contributed by atoms with Gasteiger partial charge in [-0.05, 0) is 48.2 Å². The number of halogens is 3. The number of nitrogens with one attached hydrogen (secondary N) is 2. The fourth-order valence-corrected chi connectivity index (χ4v) is 2.09. The predicted octanol–water partition coefficient (Wildman–Crippen LogP) is 4.94. The highest BCUT2D eigenvalue weighted by atomic mass is 32.2. The molecule has 2 aromatic rings. The number of carbonyl (C=O) groups excluding carboxylic acids is 1. The number of alkyl halides is 3. The first-order chi connectivity index (χ1) is 9.92. The van der Waals surface area contributed by atoms with Crippen LogP contribution in [0.2, 0.25) is 0 Å². The summed E-state index contributed by atoms with van der Waals surface area (Å²) in [5.41, 5.74) is -3.28. The second-order valence-corrected chi connectivity index (χ2v) is 5.16. The number of rotatable bonds is 3. The normalized spacial score (nSPS) is 11.0. The minimum Gasteiger partial charge on any atom is -0.308 e. The average Bonchev–Trinajstić information content (AvgIpc) is 2.40. The standard InChI is InChI=1S/C14H11F3N2OS/c15-14(16,17)21-12-8-6-11(7-9-12)19-13(20)18-10-4-2-1-3-5-10/h1-9H,(H2,18,19,20). The summed E-state index contributed by atoms with van der Waals surface area (Å²) in [5, 5.41) is 5.15. The molecular weight excluding hydrogens is 301 g/mol. The molecule has 0 atom stereocenters. The van der Waals surface area contributed by atoms with E-state index in [1.807, 2.05) is 6.07 Å². The van der Waals surface area contributed by atoms with Gasteiger partial charge in [-0.25, -0.2) is 4.79 Å². The number of carbonyl (C=O) groups is 1. The van der Waals surface area contributed by atoms with Crippen LogP contribution in [0.15, 0.2) is 59.5 Å². The van der Waals surface area contributed by atoms with E-state index in [1.54, 1.807) is 24.3 Å². The Labute approximate surface area is 123 Å². The van der Waals surface area contributed by atoms with Crippen molar-refractivity contribution in [2.24, 2.45) is 0 Å². The smallest absolute Gasteiger partial charge is 0.308 e. The summed E-state index contributed by atoms with van der Waals surface area (Å²) < 4.78 is 36.5. The van der Waals surface area contributed by atoms with Gasteiger partial charge in [0.2, 0.25) is 0 Å². The number of urea groups is 1. The summed E-state index contributed by atoms with van der Waals surface area (Å²) in [4.78, 5) is 11.8. The van der Waals surface area contributed by atoms with Gasteiger partial charge >= 0.3 is 11.5 Å². The molecule has 0 aliphatic heterocycles. The van der Waals surface area contributed by atoms with E-state index in [2.05, 4.69) is 10.6 Å². The van der Waals surface area contributed by atoms with Crippen LogP contribution in [-0.2, 0) is 0 Å². The number of para-hydroxylation sites is 1. The molecule has 3 nitrogen and oxygen atoms in total. The molecule has 2 rings (SSSR count). The molecule has 0 fully saturated rings. The lowest BCUT2D eigenvalue weighted by Gasteiger charge is -2.09. The lowest BCUT2D eigenvalue weighted by Crippen LogP contribution is -2.19. The zero-order valence-electron chi connectivity index (χ0n) is 10.6. The largest absolute Gasteiger partial charge is 0.446 e. The van der Waals surface area contributed by atoms with Crippen LogP contribution >= 0.6 is 11.8 Å². The van der Waals surface area contributed by atoms with E-state index in [-0.39, 0.29) is 16.7 Å². The van der Waals surface area contributed by atoms with Gasteiger partial charge in [0.1, 0.15) is 0 Å². The minimum atomic E-state index is -4.32. The molecule has 0 spiro atoms. The van der Waals surface area contributed by atoms with Crippen LogP contribution in [0.4, 0.5) is 29.3 Å². The van der Waals surface area contributed by atoms with Crippen molar-refractivity contribution in [3.8, 4) is 0 Å². The molecule has 0 aromatic heterocycles. The van der Waals surface area contributed by atoms with Crippen LogP contribution in [0.1, 0.15) is 0 Å². The first kappa shape index (κ1) is 15.2. The minimum absolute atomic E-state index is 0.0662. The van der Waals surface area contributed by atoms with E-state index < -0.39 is 11.5 Å². The fourth-order valence-electron chi connectivity index (χ4n) is 1.55. The number of benzene rings is 2. The summed E-state index contributed by atoms with van der Waals surface area (Å²) >= 11 is -0.197. The number of hydrogen-bond acceptors (Lipinski definition) is 2. The van der Waals surface area contributed by atoms with Gasteiger partial charge in [0.25, 0.3) is 0 Å². The number of anilines is 2. The number of hydrogen-bond donors (Lipinski definition) is 2. The molecule has 0 bridgehead atoms. The molecule has 2 aromatic carbocycles. The Kier molecular flexibility index (Phi) is 4.74. The summed E-state index contributed by atoms with van der Waals surface area (Å²) in [5.74, 6) is 0. The predicted molar refractivity (Wildman–Crippen MR) is 77.4 cm³/mol. The maximum atomic E-state index is 12.2. The van der Waals surface area contributed by atoms with E-state index in [0.717, 1.165) is 0 Å². The Morgan fingerprint density at radius 2 is 1.38 bits per heavy atom. The van der Waals surface area contributed by atoms with Crippen LogP contribution in [0.25, 0.3) is 0 Å². The molecule has 0 heterocycles. The van der Waals surface area contributed by atoms with Crippen molar-refractivity contribution < 1.29 is 18.0 Å². The zero-order chi connectivity index (χ0) is 15.3. The maximum Gasteiger partial charge on any atom is 0.446 e. The molecule has 0 aliphatic rings. The fraction of sp³-hybridized carbons (Fsp3) is 0.0714. The lowest BCUT2D eigenvalue weighted by atomic mass is 10.3. The Morgan fingerprint density at radius 3 is 1.90 bits per heavy atom. The summed E-state index contributed by atoms with van der Waals surface area (Å²) in [6, 6.07) is 13.8. The van der Waals surface area contributed by atoms with Crippen LogP contribution in [0.3, 0.4) is 0 Å². The van der Waals surface area contributed by atoms with Gasteiger partial charge in [0.15, 0.2) is 0 Å². The van der Waals surface area contributed by atoms with Crippen molar-refractivity contribution in [2.45, 2.75) is 10.4 Å². The summed E-state index contributed by atoms with van der Waals surface area (Å²) in [6.45, 7) is 0. The third kappa shape index (κ3) is 5.39. The van der Waals surface area contributed by atoms with Crippen molar-refractivity contribution >= 4 is 29.2 Å². The molecular formula is C14H11F3N2OS. The summed E-state index contributed by atoms with van der Waals surface area (Å²) in [6.07, 6.45) is 0. The van der Waals surface area contributed by atoms with Gasteiger partial charge in [-0.1, -0.05) is 18.2 Å².